The molecule has 1 saturated heterocycles. The van der Waals surface area contributed by atoms with Gasteiger partial charge in [-0.3, -0.25) is 9.69 Å². The number of imide groups is 1. The number of carbonyl (C=O) groups excluding carboxylic acids is 2. The number of hydrogen-bond donors (Lipinski definition) is 1. The van der Waals surface area contributed by atoms with Gasteiger partial charge in [0.15, 0.2) is 0 Å². The van der Waals surface area contributed by atoms with Crippen molar-refractivity contribution in [2.45, 2.75) is 38.3 Å². The van der Waals surface area contributed by atoms with Gasteiger partial charge in [0.25, 0.3) is 5.91 Å². The minimum atomic E-state index is -1.23. The first-order chi connectivity index (χ1) is 14.0. The zero-order chi connectivity index (χ0) is 20.4. The Bertz CT molecular complexity index is 1020. The quantitative estimate of drug-likeness (QED) is 0.589. The van der Waals surface area contributed by atoms with E-state index >= 15 is 0 Å². The number of nitrogens with zero attached hydrogens (tertiary/aromatic N) is 3. The molecule has 3 amide bonds. The number of halogens is 1. The molecule has 3 heterocycles. The predicted molar refractivity (Wildman–Crippen MR) is 104 cm³/mol. The van der Waals surface area contributed by atoms with E-state index in [-0.39, 0.29) is 12.4 Å². The van der Waals surface area contributed by atoms with Crippen molar-refractivity contribution in [1.82, 2.24) is 20.4 Å². The second-order valence-corrected chi connectivity index (χ2v) is 7.64. The Labute approximate surface area is 170 Å². The van der Waals surface area contributed by atoms with Gasteiger partial charge < -0.3 is 9.84 Å². The summed E-state index contributed by atoms with van der Waals surface area (Å²) in [7, 11) is 0. The highest BCUT2D eigenvalue weighted by atomic mass is 32.1. The van der Waals surface area contributed by atoms with Crippen LogP contribution in [0.2, 0.25) is 0 Å². The molecular weight excluding hydrogens is 395 g/mol. The van der Waals surface area contributed by atoms with E-state index in [0.717, 1.165) is 23.3 Å². The molecule has 0 saturated carbocycles. The van der Waals surface area contributed by atoms with Crippen LogP contribution in [-0.2, 0) is 16.9 Å². The summed E-state index contributed by atoms with van der Waals surface area (Å²) in [6.45, 7) is 1.87. The summed E-state index contributed by atoms with van der Waals surface area (Å²) in [5.41, 5.74) is 0.139. The van der Waals surface area contributed by atoms with Gasteiger partial charge in [-0.2, -0.15) is 16.3 Å². The lowest BCUT2D eigenvalue weighted by atomic mass is 9.85. The molecule has 1 fully saturated rings. The number of amides is 3. The van der Waals surface area contributed by atoms with Crippen molar-refractivity contribution in [3.63, 3.8) is 0 Å². The van der Waals surface area contributed by atoms with Gasteiger partial charge in [0, 0.05) is 10.9 Å². The average Bonchev–Trinajstić information content (AvgIpc) is 3.44. The standard InChI is InChI=1S/C20H19FN4O3S/c1-2-3-9-20(14-4-6-15(21)7-5-14)18(26)25(19(27)23-20)11-16-22-17(24-28-16)13-8-10-29-12-13/h4-8,10,12H,2-3,9,11H2,1H3,(H,23,27)/t20-/m1/s1. The van der Waals surface area contributed by atoms with E-state index in [9.17, 15) is 14.0 Å². The van der Waals surface area contributed by atoms with Crippen LogP contribution in [0.15, 0.2) is 45.6 Å². The molecule has 0 unspecified atom stereocenters. The maximum Gasteiger partial charge on any atom is 0.325 e. The first kappa shape index (κ1) is 19.3. The lowest BCUT2D eigenvalue weighted by Crippen LogP contribution is -2.44. The Morgan fingerprint density at radius 2 is 2.03 bits per heavy atom. The van der Waals surface area contributed by atoms with E-state index < -0.39 is 23.3 Å². The van der Waals surface area contributed by atoms with E-state index in [2.05, 4.69) is 15.5 Å². The van der Waals surface area contributed by atoms with E-state index in [0.29, 0.717) is 17.8 Å². The number of unbranched alkanes of at least 4 members (excludes halogenated alkanes) is 1. The smallest absolute Gasteiger partial charge is 0.325 e. The van der Waals surface area contributed by atoms with Crippen molar-refractivity contribution in [3.8, 4) is 11.4 Å². The number of rotatable bonds is 7. The maximum absolute atomic E-state index is 13.4. The summed E-state index contributed by atoms with van der Waals surface area (Å²) in [5, 5.41) is 10.5. The van der Waals surface area contributed by atoms with Crippen LogP contribution in [-0.4, -0.2) is 27.0 Å². The largest absolute Gasteiger partial charge is 0.337 e. The van der Waals surface area contributed by atoms with Gasteiger partial charge in [-0.25, -0.2) is 9.18 Å². The van der Waals surface area contributed by atoms with Crippen LogP contribution < -0.4 is 5.32 Å². The normalized spacial score (nSPS) is 19.0. The van der Waals surface area contributed by atoms with Gasteiger partial charge in [-0.05, 0) is 35.6 Å². The topological polar surface area (TPSA) is 88.3 Å². The highest BCUT2D eigenvalue weighted by molar-refractivity contribution is 7.08. The zero-order valence-corrected chi connectivity index (χ0v) is 16.5. The Balaban J connectivity index is 1.61. The number of hydrogen-bond acceptors (Lipinski definition) is 6. The fourth-order valence-corrected chi connectivity index (χ4v) is 4.05. The molecule has 1 aliphatic heterocycles. The number of carbonyl (C=O) groups is 2. The van der Waals surface area contributed by atoms with Gasteiger partial charge >= 0.3 is 6.03 Å². The second-order valence-electron chi connectivity index (χ2n) is 6.86. The molecule has 4 rings (SSSR count). The molecular formula is C20H19FN4O3S. The van der Waals surface area contributed by atoms with Crippen LogP contribution in [0.4, 0.5) is 9.18 Å². The number of benzene rings is 1. The van der Waals surface area contributed by atoms with Gasteiger partial charge in [0.1, 0.15) is 17.9 Å². The van der Waals surface area contributed by atoms with E-state index in [1.165, 1.54) is 35.6 Å². The van der Waals surface area contributed by atoms with Crippen molar-refractivity contribution in [3.05, 3.63) is 58.4 Å². The Hall–Kier alpha value is -3.07. The summed E-state index contributed by atoms with van der Waals surface area (Å²) in [6.07, 6.45) is 1.99. The molecule has 9 heteroatoms. The number of urea groups is 1. The zero-order valence-electron chi connectivity index (χ0n) is 15.7. The molecule has 1 aliphatic rings. The highest BCUT2D eigenvalue weighted by Crippen LogP contribution is 2.35. The summed E-state index contributed by atoms with van der Waals surface area (Å²) >= 11 is 1.51. The third kappa shape index (κ3) is 3.53. The first-order valence-electron chi connectivity index (χ1n) is 9.29. The highest BCUT2D eigenvalue weighted by Gasteiger charge is 2.52. The molecule has 0 bridgehead atoms. The molecule has 0 spiro atoms. The van der Waals surface area contributed by atoms with Crippen LogP contribution >= 0.6 is 11.3 Å². The molecule has 1 aromatic carbocycles. The van der Waals surface area contributed by atoms with Crippen LogP contribution in [0.5, 0.6) is 0 Å². The minimum absolute atomic E-state index is 0.128. The average molecular weight is 414 g/mol. The van der Waals surface area contributed by atoms with Crippen LogP contribution in [0.3, 0.4) is 0 Å². The lowest BCUT2D eigenvalue weighted by Gasteiger charge is -2.27. The summed E-state index contributed by atoms with van der Waals surface area (Å²) in [6, 6.07) is 6.97. The Morgan fingerprint density at radius 3 is 2.72 bits per heavy atom. The van der Waals surface area contributed by atoms with Crippen molar-refractivity contribution in [2.24, 2.45) is 0 Å². The van der Waals surface area contributed by atoms with Crippen LogP contribution in [0.25, 0.3) is 11.4 Å². The fraction of sp³-hybridized carbons (Fsp3) is 0.300. The third-order valence-corrected chi connectivity index (χ3v) is 5.64. The number of nitrogens with one attached hydrogen (secondary N) is 1. The molecule has 150 valence electrons. The monoisotopic (exact) mass is 414 g/mol. The molecule has 3 aromatic rings. The molecule has 0 aliphatic carbocycles. The number of aromatic nitrogens is 2. The minimum Gasteiger partial charge on any atom is -0.337 e. The SMILES string of the molecule is CCCC[C@]1(c2ccc(F)cc2)NC(=O)N(Cc2nc(-c3ccsc3)no2)C1=O. The predicted octanol–water partition coefficient (Wildman–Crippen LogP) is 4.07. The molecule has 7 nitrogen and oxygen atoms in total. The van der Waals surface area contributed by atoms with Crippen LogP contribution in [0, 0.1) is 5.82 Å². The third-order valence-electron chi connectivity index (χ3n) is 4.96. The van der Waals surface area contributed by atoms with E-state index in [1.807, 2.05) is 23.8 Å². The van der Waals surface area contributed by atoms with Crippen molar-refractivity contribution in [1.29, 1.82) is 0 Å². The van der Waals surface area contributed by atoms with Gasteiger partial charge in [-0.1, -0.05) is 37.1 Å². The number of thiophene rings is 1. The summed E-state index contributed by atoms with van der Waals surface area (Å²) < 4.78 is 18.6. The fourth-order valence-electron chi connectivity index (χ4n) is 3.42. The Morgan fingerprint density at radius 1 is 1.24 bits per heavy atom. The molecule has 1 N–H and O–H groups in total. The van der Waals surface area contributed by atoms with Gasteiger partial charge in [-0.15, -0.1) is 0 Å². The van der Waals surface area contributed by atoms with E-state index in [4.69, 9.17) is 4.52 Å². The van der Waals surface area contributed by atoms with Crippen molar-refractivity contribution in [2.75, 3.05) is 0 Å². The molecule has 29 heavy (non-hydrogen) atoms. The van der Waals surface area contributed by atoms with E-state index in [1.54, 1.807) is 0 Å². The van der Waals surface area contributed by atoms with Crippen molar-refractivity contribution < 1.29 is 18.5 Å². The van der Waals surface area contributed by atoms with Gasteiger partial charge in [0.2, 0.25) is 11.7 Å². The summed E-state index contributed by atoms with van der Waals surface area (Å²) in [4.78, 5) is 31.4. The Kier molecular flexibility index (Phi) is 5.14. The maximum atomic E-state index is 13.4. The molecule has 2 aromatic heterocycles. The van der Waals surface area contributed by atoms with Gasteiger partial charge in [0.05, 0.1) is 0 Å². The molecule has 0 radical (unpaired) electrons. The molecule has 1 atom stereocenters. The lowest BCUT2D eigenvalue weighted by molar-refractivity contribution is -0.132. The first-order valence-corrected chi connectivity index (χ1v) is 10.2. The summed E-state index contributed by atoms with van der Waals surface area (Å²) in [5.74, 6) is -0.234. The van der Waals surface area contributed by atoms with Crippen LogP contribution in [0.1, 0.15) is 37.6 Å². The second kappa shape index (κ2) is 7.75. The van der Waals surface area contributed by atoms with Crippen molar-refractivity contribution >= 4 is 23.3 Å².